The second-order valence-corrected chi connectivity index (χ2v) is 6.36. The molecule has 2 rings (SSSR count). The molecule has 1 saturated carbocycles. The molecule has 0 aromatic heterocycles. The van der Waals surface area contributed by atoms with Crippen LogP contribution in [0.3, 0.4) is 0 Å². The summed E-state index contributed by atoms with van der Waals surface area (Å²) in [6, 6.07) is 1.03. The first-order valence-electron chi connectivity index (χ1n) is 7.69. The molecule has 3 atom stereocenters. The lowest BCUT2D eigenvalue weighted by Gasteiger charge is -2.37. The zero-order chi connectivity index (χ0) is 13.0. The van der Waals surface area contributed by atoms with E-state index in [1.165, 1.54) is 25.7 Å². The summed E-state index contributed by atoms with van der Waals surface area (Å²) in [5, 5.41) is 6.77. The first-order chi connectivity index (χ1) is 8.66. The van der Waals surface area contributed by atoms with Gasteiger partial charge in [-0.25, -0.2) is 0 Å². The maximum Gasteiger partial charge on any atom is 0.221 e. The lowest BCUT2D eigenvalue weighted by molar-refractivity contribution is -0.121. The fourth-order valence-corrected chi connectivity index (χ4v) is 3.58. The first-order valence-corrected chi connectivity index (χ1v) is 7.69. The van der Waals surface area contributed by atoms with Crippen LogP contribution in [0.2, 0.25) is 0 Å². The van der Waals surface area contributed by atoms with Crippen molar-refractivity contribution in [3.05, 3.63) is 0 Å². The SMILES string of the molecule is CC(C)C1CCCCC1NC1CCCNC(=O)C1. The Morgan fingerprint density at radius 3 is 2.72 bits per heavy atom. The van der Waals surface area contributed by atoms with Gasteiger partial charge in [0, 0.05) is 25.0 Å². The van der Waals surface area contributed by atoms with Gasteiger partial charge in [0.2, 0.25) is 5.91 Å². The lowest BCUT2D eigenvalue weighted by atomic mass is 9.77. The largest absolute Gasteiger partial charge is 0.356 e. The highest BCUT2D eigenvalue weighted by molar-refractivity contribution is 5.76. The summed E-state index contributed by atoms with van der Waals surface area (Å²) in [7, 11) is 0. The van der Waals surface area contributed by atoms with E-state index in [4.69, 9.17) is 0 Å². The molecular weight excluding hydrogens is 224 g/mol. The summed E-state index contributed by atoms with van der Waals surface area (Å²) in [6.45, 7) is 5.53. The monoisotopic (exact) mass is 252 g/mol. The molecule has 0 aromatic carbocycles. The highest BCUT2D eigenvalue weighted by Gasteiger charge is 2.30. The van der Waals surface area contributed by atoms with Gasteiger partial charge in [-0.1, -0.05) is 26.7 Å². The molecular formula is C15H28N2O. The predicted octanol–water partition coefficient (Wildman–Crippen LogP) is 2.46. The highest BCUT2D eigenvalue weighted by atomic mass is 16.1. The Balaban J connectivity index is 1.91. The number of carbonyl (C=O) groups excluding carboxylic acids is 1. The maximum absolute atomic E-state index is 11.6. The van der Waals surface area contributed by atoms with E-state index >= 15 is 0 Å². The Kier molecular flexibility index (Phi) is 5.04. The summed E-state index contributed by atoms with van der Waals surface area (Å²) in [6.07, 6.45) is 8.30. The van der Waals surface area contributed by atoms with Gasteiger partial charge < -0.3 is 10.6 Å². The van der Waals surface area contributed by atoms with E-state index in [9.17, 15) is 4.79 Å². The lowest BCUT2D eigenvalue weighted by Crippen LogP contribution is -2.46. The zero-order valence-electron chi connectivity index (χ0n) is 11.9. The molecule has 0 spiro atoms. The minimum absolute atomic E-state index is 0.224. The van der Waals surface area contributed by atoms with Gasteiger partial charge in [0.05, 0.1) is 0 Å². The molecule has 3 unspecified atom stereocenters. The van der Waals surface area contributed by atoms with Crippen LogP contribution in [0.1, 0.15) is 58.8 Å². The van der Waals surface area contributed by atoms with Gasteiger partial charge in [0.1, 0.15) is 0 Å². The van der Waals surface area contributed by atoms with Crippen molar-refractivity contribution in [2.24, 2.45) is 11.8 Å². The topological polar surface area (TPSA) is 41.1 Å². The minimum Gasteiger partial charge on any atom is -0.356 e. The smallest absolute Gasteiger partial charge is 0.221 e. The number of nitrogens with one attached hydrogen (secondary N) is 2. The standard InChI is InChI=1S/C15H28N2O/c1-11(2)13-7-3-4-8-14(13)17-12-6-5-9-16-15(18)10-12/h11-14,17H,3-10H2,1-2H3,(H,16,18). The van der Waals surface area contributed by atoms with Gasteiger partial charge in [-0.3, -0.25) is 4.79 Å². The third kappa shape index (κ3) is 3.71. The first kappa shape index (κ1) is 13.9. The molecule has 0 bridgehead atoms. The van der Waals surface area contributed by atoms with E-state index < -0.39 is 0 Å². The average Bonchev–Trinajstić information content (AvgIpc) is 2.54. The molecule has 1 heterocycles. The van der Waals surface area contributed by atoms with E-state index in [2.05, 4.69) is 24.5 Å². The van der Waals surface area contributed by atoms with Crippen molar-refractivity contribution in [3.63, 3.8) is 0 Å². The molecule has 18 heavy (non-hydrogen) atoms. The van der Waals surface area contributed by atoms with Crippen LogP contribution in [0, 0.1) is 11.8 Å². The number of hydrogen-bond acceptors (Lipinski definition) is 2. The Labute approximate surface area is 111 Å². The third-order valence-electron chi connectivity index (χ3n) is 4.61. The second kappa shape index (κ2) is 6.55. The average molecular weight is 252 g/mol. The van der Waals surface area contributed by atoms with Crippen LogP contribution in [-0.2, 0) is 4.79 Å². The van der Waals surface area contributed by atoms with E-state index in [0.717, 1.165) is 31.2 Å². The van der Waals surface area contributed by atoms with Crippen molar-refractivity contribution in [1.82, 2.24) is 10.6 Å². The van der Waals surface area contributed by atoms with Crippen LogP contribution >= 0.6 is 0 Å². The van der Waals surface area contributed by atoms with Crippen molar-refractivity contribution in [2.75, 3.05) is 6.54 Å². The molecule has 3 nitrogen and oxygen atoms in total. The van der Waals surface area contributed by atoms with Gasteiger partial charge in [0.15, 0.2) is 0 Å². The van der Waals surface area contributed by atoms with Gasteiger partial charge in [-0.15, -0.1) is 0 Å². The third-order valence-corrected chi connectivity index (χ3v) is 4.61. The van der Waals surface area contributed by atoms with E-state index in [-0.39, 0.29) is 5.91 Å². The van der Waals surface area contributed by atoms with Crippen LogP contribution in [-0.4, -0.2) is 24.5 Å². The normalized spacial score (nSPS) is 34.2. The molecule has 1 aliphatic heterocycles. The van der Waals surface area contributed by atoms with Crippen LogP contribution in [0.4, 0.5) is 0 Å². The summed E-state index contributed by atoms with van der Waals surface area (Å²) < 4.78 is 0. The predicted molar refractivity (Wildman–Crippen MR) is 74.4 cm³/mol. The fraction of sp³-hybridized carbons (Fsp3) is 0.933. The van der Waals surface area contributed by atoms with Crippen molar-refractivity contribution in [2.45, 2.75) is 70.9 Å². The highest BCUT2D eigenvalue weighted by Crippen LogP contribution is 2.31. The quantitative estimate of drug-likeness (QED) is 0.810. The molecule has 1 saturated heterocycles. The maximum atomic E-state index is 11.6. The van der Waals surface area contributed by atoms with Crippen LogP contribution in [0.15, 0.2) is 0 Å². The summed E-state index contributed by atoms with van der Waals surface area (Å²) >= 11 is 0. The molecule has 2 fully saturated rings. The van der Waals surface area contributed by atoms with Crippen molar-refractivity contribution < 1.29 is 4.79 Å². The summed E-state index contributed by atoms with van der Waals surface area (Å²) in [5.41, 5.74) is 0. The van der Waals surface area contributed by atoms with Gasteiger partial charge in [-0.2, -0.15) is 0 Å². The Morgan fingerprint density at radius 1 is 1.17 bits per heavy atom. The molecule has 3 heteroatoms. The molecule has 0 aromatic rings. The Hall–Kier alpha value is -0.570. The molecule has 104 valence electrons. The van der Waals surface area contributed by atoms with Crippen molar-refractivity contribution in [3.8, 4) is 0 Å². The molecule has 1 aliphatic carbocycles. The minimum atomic E-state index is 0.224. The number of rotatable bonds is 3. The molecule has 2 aliphatic rings. The number of hydrogen-bond donors (Lipinski definition) is 2. The number of amides is 1. The summed E-state index contributed by atoms with van der Waals surface area (Å²) in [4.78, 5) is 11.6. The second-order valence-electron chi connectivity index (χ2n) is 6.36. The van der Waals surface area contributed by atoms with Gasteiger partial charge in [0.25, 0.3) is 0 Å². The molecule has 0 radical (unpaired) electrons. The van der Waals surface area contributed by atoms with E-state index in [1.807, 2.05) is 0 Å². The molecule has 2 N–H and O–H groups in total. The van der Waals surface area contributed by atoms with E-state index in [0.29, 0.717) is 18.5 Å². The van der Waals surface area contributed by atoms with Crippen LogP contribution in [0.5, 0.6) is 0 Å². The fourth-order valence-electron chi connectivity index (χ4n) is 3.58. The van der Waals surface area contributed by atoms with Crippen LogP contribution in [0.25, 0.3) is 0 Å². The zero-order valence-corrected chi connectivity index (χ0v) is 11.9. The van der Waals surface area contributed by atoms with Gasteiger partial charge in [-0.05, 0) is 37.5 Å². The number of carbonyl (C=O) groups is 1. The summed E-state index contributed by atoms with van der Waals surface area (Å²) in [5.74, 6) is 1.77. The Morgan fingerprint density at radius 2 is 1.94 bits per heavy atom. The van der Waals surface area contributed by atoms with E-state index in [1.54, 1.807) is 0 Å². The van der Waals surface area contributed by atoms with Crippen molar-refractivity contribution in [1.29, 1.82) is 0 Å². The Bertz CT molecular complexity index is 278. The van der Waals surface area contributed by atoms with Crippen molar-refractivity contribution >= 4 is 5.91 Å². The van der Waals surface area contributed by atoms with Crippen LogP contribution < -0.4 is 10.6 Å². The van der Waals surface area contributed by atoms with Gasteiger partial charge >= 0.3 is 0 Å². The molecule has 1 amide bonds.